The zero-order valence-corrected chi connectivity index (χ0v) is 13.6. The Kier molecular flexibility index (Phi) is 4.31. The molecule has 1 aliphatic carbocycles. The Morgan fingerprint density at radius 2 is 2.36 bits per heavy atom. The van der Waals surface area contributed by atoms with Gasteiger partial charge in [0.1, 0.15) is 5.76 Å². The Labute approximate surface area is 133 Å². The van der Waals surface area contributed by atoms with E-state index in [4.69, 9.17) is 4.42 Å². The Bertz CT molecular complexity index is 650. The predicted molar refractivity (Wildman–Crippen MR) is 84.9 cm³/mol. The van der Waals surface area contributed by atoms with E-state index in [-0.39, 0.29) is 17.9 Å². The number of oxazole rings is 1. The fourth-order valence-electron chi connectivity index (χ4n) is 2.95. The summed E-state index contributed by atoms with van der Waals surface area (Å²) >= 11 is 1.53. The number of rotatable bonds is 4. The zero-order chi connectivity index (χ0) is 15.7. The predicted octanol–water partition coefficient (Wildman–Crippen LogP) is 2.94. The summed E-state index contributed by atoms with van der Waals surface area (Å²) in [6.07, 6.45) is 2.53. The van der Waals surface area contributed by atoms with Crippen LogP contribution in [0.25, 0.3) is 10.8 Å². The topological polar surface area (TPSA) is 66.6 Å². The minimum atomic E-state index is -0.296. The smallest absolute Gasteiger partial charge is 0.275 e. The minimum Gasteiger partial charge on any atom is -0.440 e. The van der Waals surface area contributed by atoms with Crippen LogP contribution in [0.2, 0.25) is 0 Å². The first-order chi connectivity index (χ1) is 10.6. The minimum absolute atomic E-state index is 0.150. The largest absolute Gasteiger partial charge is 0.440 e. The van der Waals surface area contributed by atoms with Crippen LogP contribution in [-0.2, 0) is 0 Å². The number of thiophene rings is 1. The van der Waals surface area contributed by atoms with Crippen LogP contribution < -0.4 is 0 Å². The molecule has 1 N–H and O–H groups in total. The van der Waals surface area contributed by atoms with Crippen LogP contribution in [0.15, 0.2) is 21.9 Å². The van der Waals surface area contributed by atoms with Gasteiger partial charge < -0.3 is 14.4 Å². The molecule has 1 amide bonds. The number of nitrogens with zero attached hydrogens (tertiary/aromatic N) is 2. The van der Waals surface area contributed by atoms with Crippen molar-refractivity contribution in [2.75, 3.05) is 13.6 Å². The molecule has 118 valence electrons. The third kappa shape index (κ3) is 2.94. The van der Waals surface area contributed by atoms with Crippen LogP contribution in [-0.4, -0.2) is 40.6 Å². The quantitative estimate of drug-likeness (QED) is 0.940. The van der Waals surface area contributed by atoms with Crippen LogP contribution in [0.3, 0.4) is 0 Å². The highest BCUT2D eigenvalue weighted by molar-refractivity contribution is 7.13. The molecule has 0 aliphatic heterocycles. The molecule has 5 nitrogen and oxygen atoms in total. The number of hydrogen-bond donors (Lipinski definition) is 1. The van der Waals surface area contributed by atoms with Crippen molar-refractivity contribution in [3.05, 3.63) is 29.0 Å². The first-order valence-corrected chi connectivity index (χ1v) is 8.39. The summed E-state index contributed by atoms with van der Waals surface area (Å²) in [5, 5.41) is 11.9. The Hall–Kier alpha value is -1.66. The SMILES string of the molecule is Cc1oc(-c2cccs2)nc1C(=O)N(C)C[C@H]1CCC[C@@H]1O. The Morgan fingerprint density at radius 3 is 3.00 bits per heavy atom. The van der Waals surface area contributed by atoms with Crippen molar-refractivity contribution >= 4 is 17.2 Å². The maximum atomic E-state index is 12.6. The van der Waals surface area contributed by atoms with E-state index in [1.165, 1.54) is 11.3 Å². The van der Waals surface area contributed by atoms with E-state index in [0.29, 0.717) is 23.9 Å². The molecule has 2 heterocycles. The van der Waals surface area contributed by atoms with E-state index < -0.39 is 0 Å². The van der Waals surface area contributed by atoms with Crippen molar-refractivity contribution < 1.29 is 14.3 Å². The molecule has 2 atom stereocenters. The van der Waals surface area contributed by atoms with Crippen LogP contribution in [0.4, 0.5) is 0 Å². The standard InChI is InChI=1S/C16H20N2O3S/c1-10-14(17-15(21-10)13-7-4-8-22-13)16(20)18(2)9-11-5-3-6-12(11)19/h4,7-8,11-12,19H,3,5-6,9H2,1-2H3/t11-,12+/m1/s1. The van der Waals surface area contributed by atoms with Gasteiger partial charge in [-0.1, -0.05) is 12.5 Å². The number of hydrogen-bond acceptors (Lipinski definition) is 5. The van der Waals surface area contributed by atoms with Gasteiger partial charge in [-0.15, -0.1) is 11.3 Å². The molecule has 3 rings (SSSR count). The van der Waals surface area contributed by atoms with Gasteiger partial charge in [-0.3, -0.25) is 4.79 Å². The Morgan fingerprint density at radius 1 is 1.55 bits per heavy atom. The lowest BCUT2D eigenvalue weighted by Crippen LogP contribution is -2.35. The second-order valence-electron chi connectivity index (χ2n) is 5.85. The molecule has 1 saturated carbocycles. The van der Waals surface area contributed by atoms with Crippen molar-refractivity contribution in [3.8, 4) is 10.8 Å². The number of carbonyl (C=O) groups is 1. The average molecular weight is 320 g/mol. The lowest BCUT2D eigenvalue weighted by molar-refractivity contribution is 0.0687. The zero-order valence-electron chi connectivity index (χ0n) is 12.8. The van der Waals surface area contributed by atoms with Gasteiger partial charge >= 0.3 is 0 Å². The summed E-state index contributed by atoms with van der Waals surface area (Å²) < 4.78 is 5.62. The second kappa shape index (κ2) is 6.22. The van der Waals surface area contributed by atoms with Crippen LogP contribution >= 0.6 is 11.3 Å². The molecule has 2 aromatic heterocycles. The molecule has 0 aromatic carbocycles. The summed E-state index contributed by atoms with van der Waals surface area (Å²) in [6.45, 7) is 2.32. The molecule has 1 fully saturated rings. The van der Waals surface area contributed by atoms with Crippen LogP contribution in [0.1, 0.15) is 35.5 Å². The molecule has 0 spiro atoms. The molecule has 22 heavy (non-hydrogen) atoms. The highest BCUT2D eigenvalue weighted by Gasteiger charge is 2.29. The van der Waals surface area contributed by atoms with E-state index in [2.05, 4.69) is 4.98 Å². The number of carbonyl (C=O) groups excluding carboxylic acids is 1. The van der Waals surface area contributed by atoms with Gasteiger partial charge in [-0.05, 0) is 31.2 Å². The van der Waals surface area contributed by atoms with Crippen molar-refractivity contribution in [2.24, 2.45) is 5.92 Å². The lowest BCUT2D eigenvalue weighted by Gasteiger charge is -2.22. The number of aliphatic hydroxyl groups excluding tert-OH is 1. The van der Waals surface area contributed by atoms with Gasteiger partial charge in [-0.25, -0.2) is 4.98 Å². The van der Waals surface area contributed by atoms with E-state index in [1.54, 1.807) is 18.9 Å². The van der Waals surface area contributed by atoms with Crippen molar-refractivity contribution in [2.45, 2.75) is 32.3 Å². The van der Waals surface area contributed by atoms with Gasteiger partial charge in [0, 0.05) is 19.5 Å². The molecule has 0 unspecified atom stereocenters. The second-order valence-corrected chi connectivity index (χ2v) is 6.79. The van der Waals surface area contributed by atoms with Gasteiger partial charge in [0.05, 0.1) is 11.0 Å². The maximum Gasteiger partial charge on any atom is 0.275 e. The summed E-state index contributed by atoms with van der Waals surface area (Å²) in [6, 6.07) is 3.84. The maximum absolute atomic E-state index is 12.6. The molecule has 2 aromatic rings. The molecule has 1 aliphatic rings. The van der Waals surface area contributed by atoms with Gasteiger partial charge in [0.25, 0.3) is 5.91 Å². The molecular formula is C16H20N2O3S. The third-order valence-electron chi connectivity index (χ3n) is 4.21. The highest BCUT2D eigenvalue weighted by atomic mass is 32.1. The number of aryl methyl sites for hydroxylation is 1. The highest BCUT2D eigenvalue weighted by Crippen LogP contribution is 2.28. The summed E-state index contributed by atoms with van der Waals surface area (Å²) in [5.74, 6) is 1.04. The van der Waals surface area contributed by atoms with Gasteiger partial charge in [0.2, 0.25) is 5.89 Å². The molecule has 0 radical (unpaired) electrons. The molecule has 6 heteroatoms. The Balaban J connectivity index is 1.74. The van der Waals surface area contributed by atoms with E-state index in [0.717, 1.165) is 24.1 Å². The first kappa shape index (κ1) is 15.2. The first-order valence-electron chi connectivity index (χ1n) is 7.51. The fourth-order valence-corrected chi connectivity index (χ4v) is 3.60. The molecular weight excluding hydrogens is 300 g/mol. The summed E-state index contributed by atoms with van der Waals surface area (Å²) in [4.78, 5) is 19.5. The van der Waals surface area contributed by atoms with Crippen LogP contribution in [0, 0.1) is 12.8 Å². The number of aromatic nitrogens is 1. The fraction of sp³-hybridized carbons (Fsp3) is 0.500. The number of amides is 1. The van der Waals surface area contributed by atoms with Crippen molar-refractivity contribution in [1.82, 2.24) is 9.88 Å². The third-order valence-corrected chi connectivity index (χ3v) is 5.06. The van der Waals surface area contributed by atoms with Crippen molar-refractivity contribution in [3.63, 3.8) is 0 Å². The van der Waals surface area contributed by atoms with Crippen LogP contribution in [0.5, 0.6) is 0 Å². The summed E-state index contributed by atoms with van der Waals surface area (Å²) in [5.41, 5.74) is 0.360. The monoisotopic (exact) mass is 320 g/mol. The lowest BCUT2D eigenvalue weighted by atomic mass is 10.1. The van der Waals surface area contributed by atoms with Gasteiger partial charge in [0.15, 0.2) is 5.69 Å². The normalized spacial score (nSPS) is 21.2. The van der Waals surface area contributed by atoms with E-state index in [1.807, 2.05) is 17.5 Å². The average Bonchev–Trinajstić information content (AvgIpc) is 3.20. The van der Waals surface area contributed by atoms with E-state index in [9.17, 15) is 9.90 Å². The molecule has 0 bridgehead atoms. The van der Waals surface area contributed by atoms with E-state index >= 15 is 0 Å². The summed E-state index contributed by atoms with van der Waals surface area (Å²) in [7, 11) is 1.76. The molecule has 0 saturated heterocycles. The number of aliphatic hydroxyl groups is 1. The van der Waals surface area contributed by atoms with Crippen molar-refractivity contribution in [1.29, 1.82) is 0 Å². The van der Waals surface area contributed by atoms with Gasteiger partial charge in [-0.2, -0.15) is 0 Å².